The number of benzene rings is 1. The largest absolute Gasteiger partial charge is 0.479 e. The molecule has 0 saturated carbocycles. The molecule has 4 atom stereocenters. The van der Waals surface area contributed by atoms with Crippen LogP contribution in [0.4, 0.5) is 5.82 Å². The van der Waals surface area contributed by atoms with Crippen molar-refractivity contribution in [3.63, 3.8) is 0 Å². The third kappa shape index (κ3) is 5.31. The molecule has 2 fully saturated rings. The minimum absolute atomic E-state index is 0.320. The highest BCUT2D eigenvalue weighted by molar-refractivity contribution is 5.88. The van der Waals surface area contributed by atoms with Crippen molar-refractivity contribution in [2.45, 2.75) is 31.1 Å². The number of aliphatic carboxylic acids is 2. The van der Waals surface area contributed by atoms with E-state index in [1.54, 1.807) is 0 Å². The first-order valence-electron chi connectivity index (χ1n) is 10.1. The van der Waals surface area contributed by atoms with E-state index in [0.717, 1.165) is 55.8 Å². The zero-order chi connectivity index (χ0) is 22.5. The average Bonchev–Trinajstić information content (AvgIpc) is 3.21. The first-order valence-corrected chi connectivity index (χ1v) is 10.1. The van der Waals surface area contributed by atoms with Gasteiger partial charge < -0.3 is 35.0 Å². The van der Waals surface area contributed by atoms with E-state index >= 15 is 0 Å². The van der Waals surface area contributed by atoms with Crippen LogP contribution in [-0.2, 0) is 9.59 Å². The predicted octanol–water partition coefficient (Wildman–Crippen LogP) is -0.402. The van der Waals surface area contributed by atoms with E-state index in [9.17, 15) is 14.7 Å². The number of aliphatic hydroxyl groups excluding tert-OH is 3. The van der Waals surface area contributed by atoms with Crippen LogP contribution in [-0.4, -0.2) is 98.6 Å². The van der Waals surface area contributed by atoms with Gasteiger partial charge in [-0.15, -0.1) is 0 Å². The maximum absolute atomic E-state index is 9.77. The van der Waals surface area contributed by atoms with E-state index in [4.69, 9.17) is 24.9 Å². The van der Waals surface area contributed by atoms with Gasteiger partial charge in [0.1, 0.15) is 0 Å². The van der Waals surface area contributed by atoms with Crippen molar-refractivity contribution < 1.29 is 39.6 Å². The highest BCUT2D eigenvalue weighted by Gasteiger charge is 2.34. The van der Waals surface area contributed by atoms with Gasteiger partial charge in [-0.3, -0.25) is 4.90 Å². The topological polar surface area (TPSA) is 168 Å². The lowest BCUT2D eigenvalue weighted by atomic mass is 9.91. The third-order valence-corrected chi connectivity index (χ3v) is 5.73. The summed E-state index contributed by atoms with van der Waals surface area (Å²) in [6, 6.07) is 8.64. The Bertz CT molecular complexity index is 885. The molecule has 3 heterocycles. The van der Waals surface area contributed by atoms with Gasteiger partial charge in [0.15, 0.2) is 23.6 Å². The zero-order valence-electron chi connectivity index (χ0n) is 16.9. The summed E-state index contributed by atoms with van der Waals surface area (Å²) in [6.45, 7) is 4.39. The minimum Gasteiger partial charge on any atom is -0.479 e. The summed E-state index contributed by atoms with van der Waals surface area (Å²) >= 11 is 0. The fraction of sp³-hybridized carbons (Fsp3) is 0.550. The van der Waals surface area contributed by atoms with Gasteiger partial charge in [-0.1, -0.05) is 17.3 Å². The monoisotopic (exact) mass is 437 g/mol. The van der Waals surface area contributed by atoms with E-state index in [-0.39, 0.29) is 0 Å². The zero-order valence-corrected chi connectivity index (χ0v) is 16.9. The maximum Gasteiger partial charge on any atom is 0.335 e. The second-order valence-electron chi connectivity index (χ2n) is 7.79. The second kappa shape index (κ2) is 10.1. The van der Waals surface area contributed by atoms with Crippen molar-refractivity contribution in [2.24, 2.45) is 5.92 Å². The molecule has 2 aliphatic rings. The number of piperidine rings is 1. The molecule has 5 N–H and O–H groups in total. The van der Waals surface area contributed by atoms with Gasteiger partial charge in [0.2, 0.25) is 0 Å². The Morgan fingerprint density at radius 3 is 2.39 bits per heavy atom. The van der Waals surface area contributed by atoms with Crippen LogP contribution in [0.15, 0.2) is 28.8 Å². The van der Waals surface area contributed by atoms with Crippen molar-refractivity contribution in [3.05, 3.63) is 24.3 Å². The van der Waals surface area contributed by atoms with Crippen molar-refractivity contribution in [1.82, 2.24) is 10.1 Å². The number of fused-ring (bicyclic) bond motifs is 2. The summed E-state index contributed by atoms with van der Waals surface area (Å²) in [5.74, 6) is -2.10. The summed E-state index contributed by atoms with van der Waals surface area (Å²) in [7, 11) is 0. The number of carboxylic acid groups (broad SMARTS) is 2. The van der Waals surface area contributed by atoms with E-state index < -0.39 is 24.1 Å². The molecule has 0 unspecified atom stereocenters. The van der Waals surface area contributed by atoms with E-state index in [1.165, 1.54) is 0 Å². The molecule has 0 radical (unpaired) electrons. The number of rotatable bonds is 5. The normalized spacial score (nSPS) is 23.4. The number of aliphatic hydroxyl groups is 3. The van der Waals surface area contributed by atoms with Crippen LogP contribution in [0.2, 0.25) is 0 Å². The fourth-order valence-corrected chi connectivity index (χ4v) is 3.97. The van der Waals surface area contributed by atoms with E-state index in [1.807, 2.05) is 18.2 Å². The lowest BCUT2D eigenvalue weighted by molar-refractivity contribution is -0.165. The van der Waals surface area contributed by atoms with Crippen molar-refractivity contribution in [2.75, 3.05) is 37.7 Å². The highest BCUT2D eigenvalue weighted by Crippen LogP contribution is 2.30. The molecule has 170 valence electrons. The standard InChI is InChI=1S/C16H21N3O2.C4H6O6/c20-11-12-5-6-13-10-19(8-7-18(13)9-12)16-14-3-1-2-4-15(14)21-17-16;5-1(3(7)8)2(6)4(9)10/h1-4,12-13,20H,5-11H2;1-2,5-6H,(H,7,8)(H,9,10)/t12-,13-;1-,2-/m00/s1. The first-order chi connectivity index (χ1) is 14.8. The average molecular weight is 437 g/mol. The molecule has 11 heteroatoms. The molecule has 31 heavy (non-hydrogen) atoms. The van der Waals surface area contributed by atoms with Gasteiger partial charge in [-0.25, -0.2) is 9.59 Å². The molecule has 0 aliphatic carbocycles. The summed E-state index contributed by atoms with van der Waals surface area (Å²) in [5.41, 5.74) is 0.860. The number of carboxylic acids is 2. The first kappa shape index (κ1) is 22.9. The molecule has 2 aliphatic heterocycles. The van der Waals surface area contributed by atoms with E-state index in [2.05, 4.69) is 21.0 Å². The number of nitrogens with zero attached hydrogens (tertiary/aromatic N) is 3. The highest BCUT2D eigenvalue weighted by atomic mass is 16.5. The Labute approximate surface area is 178 Å². The molecular formula is C20H27N3O8. The van der Waals surface area contributed by atoms with Crippen LogP contribution >= 0.6 is 0 Å². The van der Waals surface area contributed by atoms with Crippen molar-refractivity contribution >= 4 is 28.7 Å². The van der Waals surface area contributed by atoms with Crippen LogP contribution in [0.5, 0.6) is 0 Å². The minimum atomic E-state index is -2.27. The van der Waals surface area contributed by atoms with Gasteiger partial charge in [-0.2, -0.15) is 0 Å². The number of aromatic nitrogens is 1. The van der Waals surface area contributed by atoms with Crippen molar-refractivity contribution in [1.29, 1.82) is 0 Å². The van der Waals surface area contributed by atoms with Gasteiger partial charge in [-0.05, 0) is 30.9 Å². The summed E-state index contributed by atoms with van der Waals surface area (Å²) in [4.78, 5) is 24.4. The number of anilines is 1. The SMILES string of the molecule is O=C(O)[C@@H](O)[C@H](O)C(=O)O.OC[C@H]1CC[C@H]2CN(c3noc4ccccc34)CCN2C1. The Morgan fingerprint density at radius 1 is 1.06 bits per heavy atom. The lowest BCUT2D eigenvalue weighted by Gasteiger charge is -2.46. The predicted molar refractivity (Wildman–Crippen MR) is 109 cm³/mol. The van der Waals surface area contributed by atoms with E-state index in [0.29, 0.717) is 18.6 Å². The fourth-order valence-electron chi connectivity index (χ4n) is 3.97. The van der Waals surface area contributed by atoms with Crippen LogP contribution in [0.1, 0.15) is 12.8 Å². The molecule has 1 aromatic heterocycles. The van der Waals surface area contributed by atoms with Gasteiger partial charge >= 0.3 is 11.9 Å². The molecule has 1 aromatic carbocycles. The number of carbonyl (C=O) groups is 2. The molecule has 0 amide bonds. The Hall–Kier alpha value is -2.73. The Kier molecular flexibility index (Phi) is 7.44. The van der Waals surface area contributed by atoms with Gasteiger partial charge in [0, 0.05) is 38.8 Å². The van der Waals surface area contributed by atoms with Crippen LogP contribution in [0.3, 0.4) is 0 Å². The molecule has 0 spiro atoms. The molecule has 2 aromatic rings. The molecule has 2 saturated heterocycles. The second-order valence-corrected chi connectivity index (χ2v) is 7.79. The van der Waals surface area contributed by atoms with Gasteiger partial charge in [0.25, 0.3) is 0 Å². The van der Waals surface area contributed by atoms with Crippen LogP contribution in [0, 0.1) is 5.92 Å². The quantitative estimate of drug-likeness (QED) is 0.413. The van der Waals surface area contributed by atoms with Crippen LogP contribution < -0.4 is 4.90 Å². The molecule has 0 bridgehead atoms. The Balaban J connectivity index is 0.000000233. The number of piperazine rings is 1. The number of para-hydroxylation sites is 1. The number of hydrogen-bond donors (Lipinski definition) is 5. The Morgan fingerprint density at radius 2 is 1.74 bits per heavy atom. The third-order valence-electron chi connectivity index (χ3n) is 5.73. The number of hydrogen-bond acceptors (Lipinski definition) is 9. The molecule has 11 nitrogen and oxygen atoms in total. The summed E-state index contributed by atoms with van der Waals surface area (Å²) in [6.07, 6.45) is -2.24. The van der Waals surface area contributed by atoms with Crippen LogP contribution in [0.25, 0.3) is 11.0 Å². The summed E-state index contributed by atoms with van der Waals surface area (Å²) < 4.78 is 5.43. The molecular weight excluding hydrogens is 410 g/mol. The van der Waals surface area contributed by atoms with Crippen molar-refractivity contribution in [3.8, 4) is 0 Å². The lowest BCUT2D eigenvalue weighted by Crippen LogP contribution is -2.57. The maximum atomic E-state index is 9.77. The molecule has 4 rings (SSSR count). The smallest absolute Gasteiger partial charge is 0.335 e. The van der Waals surface area contributed by atoms with Gasteiger partial charge in [0.05, 0.1) is 5.39 Å². The summed E-state index contributed by atoms with van der Waals surface area (Å²) in [5, 5.41) is 47.3.